The lowest BCUT2D eigenvalue weighted by molar-refractivity contribution is 0.216. The molecular weight excluding hydrogens is 226 g/mol. The second-order valence-electron chi connectivity index (χ2n) is 4.78. The second-order valence-corrected chi connectivity index (χ2v) is 4.78. The number of rotatable bonds is 5. The number of anilines is 1. The third kappa shape index (κ3) is 3.45. The minimum atomic E-state index is 0.292. The molecule has 1 aromatic rings. The standard InChI is InChI=1S/C14H23N3O/c15-12-13-2-4-14(5-3-13)17-9-7-16(8-10-17)6-1-11-18/h2-5,18H,1,6-12,15H2. The molecule has 0 spiro atoms. The van der Waals surface area contributed by atoms with Gasteiger partial charge in [0.1, 0.15) is 0 Å². The number of nitrogens with two attached hydrogens (primary N) is 1. The van der Waals surface area contributed by atoms with Gasteiger partial charge in [0.25, 0.3) is 0 Å². The van der Waals surface area contributed by atoms with Crippen LogP contribution in [0.5, 0.6) is 0 Å². The van der Waals surface area contributed by atoms with Gasteiger partial charge in [-0.3, -0.25) is 4.90 Å². The number of piperazine rings is 1. The summed E-state index contributed by atoms with van der Waals surface area (Å²) in [4.78, 5) is 4.83. The van der Waals surface area contributed by atoms with E-state index in [0.29, 0.717) is 13.2 Å². The molecule has 0 atom stereocenters. The predicted octanol–water partition coefficient (Wildman–Crippen LogP) is 0.650. The van der Waals surface area contributed by atoms with E-state index in [4.69, 9.17) is 10.8 Å². The molecule has 0 amide bonds. The summed E-state index contributed by atoms with van der Waals surface area (Å²) in [5.74, 6) is 0. The molecule has 0 saturated carbocycles. The third-order valence-corrected chi connectivity index (χ3v) is 3.54. The SMILES string of the molecule is NCc1ccc(N2CCN(CCCO)CC2)cc1. The summed E-state index contributed by atoms with van der Waals surface area (Å²) in [6.07, 6.45) is 0.880. The van der Waals surface area contributed by atoms with Crippen molar-refractivity contribution in [2.75, 3.05) is 44.2 Å². The molecule has 1 fully saturated rings. The quantitative estimate of drug-likeness (QED) is 0.804. The largest absolute Gasteiger partial charge is 0.396 e. The predicted molar refractivity (Wildman–Crippen MR) is 74.7 cm³/mol. The van der Waals surface area contributed by atoms with Crippen LogP contribution in [-0.2, 0) is 6.54 Å². The maximum absolute atomic E-state index is 8.83. The van der Waals surface area contributed by atoms with E-state index in [1.165, 1.54) is 11.3 Å². The van der Waals surface area contributed by atoms with E-state index in [9.17, 15) is 0 Å². The highest BCUT2D eigenvalue weighted by Gasteiger charge is 2.16. The van der Waals surface area contributed by atoms with Crippen LogP contribution < -0.4 is 10.6 Å². The molecule has 0 bridgehead atoms. The molecular formula is C14H23N3O. The van der Waals surface area contributed by atoms with Crippen molar-refractivity contribution in [2.45, 2.75) is 13.0 Å². The van der Waals surface area contributed by atoms with Gasteiger partial charge in [0, 0.05) is 51.6 Å². The Labute approximate surface area is 109 Å². The molecule has 4 nitrogen and oxygen atoms in total. The van der Waals surface area contributed by atoms with Gasteiger partial charge >= 0.3 is 0 Å². The Balaban J connectivity index is 1.84. The van der Waals surface area contributed by atoms with Gasteiger partial charge in [-0.25, -0.2) is 0 Å². The van der Waals surface area contributed by atoms with Crippen molar-refractivity contribution in [3.05, 3.63) is 29.8 Å². The first-order valence-corrected chi connectivity index (χ1v) is 6.70. The molecule has 4 heteroatoms. The van der Waals surface area contributed by atoms with Crippen molar-refractivity contribution in [1.82, 2.24) is 4.90 Å². The van der Waals surface area contributed by atoms with Gasteiger partial charge in [-0.15, -0.1) is 0 Å². The summed E-state index contributed by atoms with van der Waals surface area (Å²) in [5, 5.41) is 8.83. The molecule has 1 aliphatic rings. The fourth-order valence-corrected chi connectivity index (χ4v) is 2.37. The van der Waals surface area contributed by atoms with E-state index in [0.717, 1.165) is 39.1 Å². The number of aliphatic hydroxyl groups is 1. The molecule has 0 aromatic heterocycles. The summed E-state index contributed by atoms with van der Waals surface area (Å²) in [7, 11) is 0. The first-order chi connectivity index (χ1) is 8.83. The molecule has 3 N–H and O–H groups in total. The number of aliphatic hydroxyl groups excluding tert-OH is 1. The third-order valence-electron chi connectivity index (χ3n) is 3.54. The normalized spacial score (nSPS) is 17.1. The molecule has 2 rings (SSSR count). The molecule has 0 aliphatic carbocycles. The zero-order chi connectivity index (χ0) is 12.8. The van der Waals surface area contributed by atoms with Crippen molar-refractivity contribution in [1.29, 1.82) is 0 Å². The Kier molecular flexibility index (Phi) is 4.99. The second kappa shape index (κ2) is 6.73. The molecule has 1 aromatic carbocycles. The van der Waals surface area contributed by atoms with E-state index >= 15 is 0 Å². The fraction of sp³-hybridized carbons (Fsp3) is 0.571. The minimum absolute atomic E-state index is 0.292. The van der Waals surface area contributed by atoms with Crippen LogP contribution in [0.4, 0.5) is 5.69 Å². The van der Waals surface area contributed by atoms with E-state index in [2.05, 4.69) is 34.1 Å². The van der Waals surface area contributed by atoms with Crippen molar-refractivity contribution < 1.29 is 5.11 Å². The van der Waals surface area contributed by atoms with Crippen LogP contribution in [0, 0.1) is 0 Å². The molecule has 1 aliphatic heterocycles. The summed E-state index contributed by atoms with van der Waals surface area (Å²) >= 11 is 0. The van der Waals surface area contributed by atoms with Gasteiger partial charge in [0.05, 0.1) is 0 Å². The van der Waals surface area contributed by atoms with Crippen LogP contribution in [-0.4, -0.2) is 49.3 Å². The summed E-state index contributed by atoms with van der Waals surface area (Å²) in [5.41, 5.74) is 8.07. The summed E-state index contributed by atoms with van der Waals surface area (Å²) in [6.45, 7) is 6.20. The van der Waals surface area contributed by atoms with Crippen LogP contribution in [0.1, 0.15) is 12.0 Å². The summed E-state index contributed by atoms with van der Waals surface area (Å²) < 4.78 is 0. The van der Waals surface area contributed by atoms with Gasteiger partial charge in [0.2, 0.25) is 0 Å². The van der Waals surface area contributed by atoms with Gasteiger partial charge in [0.15, 0.2) is 0 Å². The van der Waals surface area contributed by atoms with Crippen molar-refractivity contribution in [3.8, 4) is 0 Å². The zero-order valence-electron chi connectivity index (χ0n) is 10.9. The maximum atomic E-state index is 8.83. The lowest BCUT2D eigenvalue weighted by atomic mass is 10.2. The van der Waals surface area contributed by atoms with Gasteiger partial charge in [-0.2, -0.15) is 0 Å². The van der Waals surface area contributed by atoms with E-state index in [1.54, 1.807) is 0 Å². The monoisotopic (exact) mass is 249 g/mol. The smallest absolute Gasteiger partial charge is 0.0443 e. The lowest BCUT2D eigenvalue weighted by Crippen LogP contribution is -2.46. The maximum Gasteiger partial charge on any atom is 0.0443 e. The Bertz CT molecular complexity index is 345. The summed E-state index contributed by atoms with van der Waals surface area (Å²) in [6, 6.07) is 8.53. The van der Waals surface area contributed by atoms with E-state index < -0.39 is 0 Å². The van der Waals surface area contributed by atoms with Crippen molar-refractivity contribution in [3.63, 3.8) is 0 Å². The lowest BCUT2D eigenvalue weighted by Gasteiger charge is -2.36. The first-order valence-electron chi connectivity index (χ1n) is 6.70. The van der Waals surface area contributed by atoms with Crippen molar-refractivity contribution >= 4 is 5.69 Å². The fourth-order valence-electron chi connectivity index (χ4n) is 2.37. The molecule has 0 unspecified atom stereocenters. The highest BCUT2D eigenvalue weighted by Crippen LogP contribution is 2.17. The average molecular weight is 249 g/mol. The molecule has 100 valence electrons. The van der Waals surface area contributed by atoms with Gasteiger partial charge in [-0.05, 0) is 24.1 Å². The van der Waals surface area contributed by atoms with Crippen LogP contribution in [0.3, 0.4) is 0 Å². The number of nitrogens with zero attached hydrogens (tertiary/aromatic N) is 2. The van der Waals surface area contributed by atoms with Crippen LogP contribution in [0.2, 0.25) is 0 Å². The molecule has 1 saturated heterocycles. The Morgan fingerprint density at radius 2 is 1.72 bits per heavy atom. The van der Waals surface area contributed by atoms with Crippen LogP contribution >= 0.6 is 0 Å². The molecule has 1 heterocycles. The highest BCUT2D eigenvalue weighted by atomic mass is 16.3. The number of hydrogen-bond acceptors (Lipinski definition) is 4. The average Bonchev–Trinajstić information content (AvgIpc) is 2.46. The van der Waals surface area contributed by atoms with Crippen molar-refractivity contribution in [2.24, 2.45) is 5.73 Å². The molecule has 0 radical (unpaired) electrons. The molecule has 18 heavy (non-hydrogen) atoms. The minimum Gasteiger partial charge on any atom is -0.396 e. The van der Waals surface area contributed by atoms with Crippen LogP contribution in [0.25, 0.3) is 0 Å². The Hall–Kier alpha value is -1.10. The van der Waals surface area contributed by atoms with E-state index in [1.807, 2.05) is 0 Å². The number of benzene rings is 1. The Morgan fingerprint density at radius 3 is 2.28 bits per heavy atom. The van der Waals surface area contributed by atoms with Crippen LogP contribution in [0.15, 0.2) is 24.3 Å². The van der Waals surface area contributed by atoms with E-state index in [-0.39, 0.29) is 0 Å². The van der Waals surface area contributed by atoms with Gasteiger partial charge in [-0.1, -0.05) is 12.1 Å². The van der Waals surface area contributed by atoms with Gasteiger partial charge < -0.3 is 15.7 Å². The zero-order valence-corrected chi connectivity index (χ0v) is 10.9. The highest BCUT2D eigenvalue weighted by molar-refractivity contribution is 5.48. The Morgan fingerprint density at radius 1 is 1.06 bits per heavy atom. The topological polar surface area (TPSA) is 52.7 Å². The first kappa shape index (κ1) is 13.3. The number of hydrogen-bond donors (Lipinski definition) is 2.